The first-order valence-electron chi connectivity index (χ1n) is 8.99. The molecule has 0 aliphatic carbocycles. The largest absolute Gasteiger partial charge is 0.447 e. The summed E-state index contributed by atoms with van der Waals surface area (Å²) in [6.45, 7) is 5.37. The highest BCUT2D eigenvalue weighted by molar-refractivity contribution is 5.67. The lowest BCUT2D eigenvalue weighted by Gasteiger charge is -2.19. The monoisotopic (exact) mass is 311 g/mol. The van der Waals surface area contributed by atoms with E-state index in [2.05, 4.69) is 15.5 Å². The van der Waals surface area contributed by atoms with E-state index in [1.54, 1.807) is 0 Å². The molecule has 5 heteroatoms. The Morgan fingerprint density at radius 3 is 2.14 bits per heavy atom. The van der Waals surface area contributed by atoms with Gasteiger partial charge >= 0.3 is 6.09 Å². The van der Waals surface area contributed by atoms with Gasteiger partial charge in [0.2, 0.25) is 0 Å². The third-order valence-corrected chi connectivity index (χ3v) is 3.89. The SMILES string of the molecule is CC(C)OC(=O)NC1CCCCCCCCCN=NCCC1. The zero-order chi connectivity index (χ0) is 16.0. The zero-order valence-corrected chi connectivity index (χ0v) is 14.4. The second-order valence-electron chi connectivity index (χ2n) is 6.43. The predicted molar refractivity (Wildman–Crippen MR) is 89.3 cm³/mol. The molecule has 22 heavy (non-hydrogen) atoms. The standard InChI is InChI=1S/C17H33N3O2/c1-15(2)22-17(21)20-16-11-8-6-4-3-5-7-9-13-18-19-14-10-12-16/h15-16H,3-14H2,1-2H3,(H,20,21). The fourth-order valence-electron chi connectivity index (χ4n) is 2.71. The Labute approximate surface area is 135 Å². The summed E-state index contributed by atoms with van der Waals surface area (Å²) in [5.41, 5.74) is 0. The van der Waals surface area contributed by atoms with Crippen molar-refractivity contribution in [3.8, 4) is 0 Å². The Bertz CT molecular complexity index is 319. The van der Waals surface area contributed by atoms with Crippen LogP contribution in [0, 0.1) is 0 Å². The molecule has 0 aromatic heterocycles. The Morgan fingerprint density at radius 1 is 0.909 bits per heavy atom. The van der Waals surface area contributed by atoms with E-state index in [9.17, 15) is 4.79 Å². The minimum Gasteiger partial charge on any atom is -0.447 e. The molecule has 1 amide bonds. The van der Waals surface area contributed by atoms with Crippen molar-refractivity contribution in [1.82, 2.24) is 5.32 Å². The quantitative estimate of drug-likeness (QED) is 0.791. The maximum absolute atomic E-state index is 11.8. The van der Waals surface area contributed by atoms with Gasteiger partial charge in [0.1, 0.15) is 0 Å². The van der Waals surface area contributed by atoms with Gasteiger partial charge in [-0.3, -0.25) is 0 Å². The van der Waals surface area contributed by atoms with E-state index in [0.717, 1.165) is 38.8 Å². The average Bonchev–Trinajstić information content (AvgIpc) is 2.46. The minimum atomic E-state index is -0.292. The second kappa shape index (κ2) is 12.4. The molecule has 0 saturated heterocycles. The van der Waals surface area contributed by atoms with Gasteiger partial charge in [0.15, 0.2) is 0 Å². The van der Waals surface area contributed by atoms with Gasteiger partial charge in [-0.1, -0.05) is 38.5 Å². The molecule has 1 N–H and O–H groups in total. The van der Waals surface area contributed by atoms with Crippen LogP contribution in [0.25, 0.3) is 0 Å². The molecular formula is C17H33N3O2. The maximum atomic E-state index is 11.8. The van der Waals surface area contributed by atoms with Crippen molar-refractivity contribution in [3.63, 3.8) is 0 Å². The van der Waals surface area contributed by atoms with E-state index >= 15 is 0 Å². The van der Waals surface area contributed by atoms with E-state index < -0.39 is 0 Å². The number of hydrogen-bond donors (Lipinski definition) is 1. The molecule has 0 aromatic rings. The Morgan fingerprint density at radius 2 is 1.45 bits per heavy atom. The summed E-state index contributed by atoms with van der Waals surface area (Å²) in [6.07, 6.45) is 11.4. The Balaban J connectivity index is 2.38. The smallest absolute Gasteiger partial charge is 0.407 e. The molecule has 128 valence electrons. The summed E-state index contributed by atoms with van der Waals surface area (Å²) in [7, 11) is 0. The van der Waals surface area contributed by atoms with Crippen molar-refractivity contribution in [2.45, 2.75) is 90.2 Å². The molecule has 1 aliphatic heterocycles. The zero-order valence-electron chi connectivity index (χ0n) is 14.4. The van der Waals surface area contributed by atoms with Crippen LogP contribution in [-0.4, -0.2) is 31.3 Å². The van der Waals surface area contributed by atoms with Crippen LogP contribution in [0.2, 0.25) is 0 Å². The number of hydrogen-bond acceptors (Lipinski definition) is 4. The number of rotatable bonds is 2. The van der Waals surface area contributed by atoms with Crippen LogP contribution < -0.4 is 5.32 Å². The van der Waals surface area contributed by atoms with Gasteiger partial charge in [0.05, 0.1) is 19.2 Å². The number of alkyl carbamates (subject to hydrolysis) is 1. The van der Waals surface area contributed by atoms with Crippen LogP contribution in [0.3, 0.4) is 0 Å². The van der Waals surface area contributed by atoms with Crippen LogP contribution in [0.1, 0.15) is 78.1 Å². The van der Waals surface area contributed by atoms with Crippen LogP contribution in [-0.2, 0) is 4.74 Å². The van der Waals surface area contributed by atoms with E-state index in [4.69, 9.17) is 4.74 Å². The fourth-order valence-corrected chi connectivity index (χ4v) is 2.71. The normalized spacial score (nSPS) is 22.6. The second-order valence-corrected chi connectivity index (χ2v) is 6.43. The molecule has 0 aromatic carbocycles. The first-order chi connectivity index (χ1) is 10.7. The van der Waals surface area contributed by atoms with E-state index in [-0.39, 0.29) is 18.2 Å². The number of amides is 1. The Kier molecular flexibility index (Phi) is 10.7. The molecule has 0 saturated carbocycles. The number of ether oxygens (including phenoxy) is 1. The summed E-state index contributed by atoms with van der Waals surface area (Å²) in [4.78, 5) is 11.8. The topological polar surface area (TPSA) is 63.0 Å². The van der Waals surface area contributed by atoms with E-state index in [1.165, 1.54) is 38.5 Å². The van der Waals surface area contributed by atoms with Gasteiger partial charge in [-0.25, -0.2) is 4.79 Å². The lowest BCUT2D eigenvalue weighted by Crippen LogP contribution is -2.36. The van der Waals surface area contributed by atoms with Crippen LogP contribution in [0.5, 0.6) is 0 Å². The first kappa shape index (κ1) is 18.9. The molecule has 5 nitrogen and oxygen atoms in total. The number of nitrogens with zero attached hydrogens (tertiary/aromatic N) is 2. The molecule has 0 radical (unpaired) electrons. The molecule has 1 atom stereocenters. The summed E-state index contributed by atoms with van der Waals surface area (Å²) in [5.74, 6) is 0. The molecule has 0 fully saturated rings. The molecule has 1 unspecified atom stereocenters. The van der Waals surface area contributed by atoms with Crippen LogP contribution >= 0.6 is 0 Å². The van der Waals surface area contributed by atoms with E-state index in [1.807, 2.05) is 13.8 Å². The van der Waals surface area contributed by atoms with Gasteiger partial charge in [-0.2, -0.15) is 10.2 Å². The molecule has 1 rings (SSSR count). The summed E-state index contributed by atoms with van der Waals surface area (Å²) >= 11 is 0. The number of carbonyl (C=O) groups excluding carboxylic acids is 1. The van der Waals surface area contributed by atoms with E-state index in [0.29, 0.717) is 0 Å². The molecular weight excluding hydrogens is 278 g/mol. The molecule has 0 spiro atoms. The highest BCUT2D eigenvalue weighted by atomic mass is 16.6. The molecule has 1 aliphatic rings. The summed E-state index contributed by atoms with van der Waals surface area (Å²) in [6, 6.07) is 0.201. The number of azo groups is 1. The van der Waals surface area contributed by atoms with Gasteiger partial charge in [-0.15, -0.1) is 0 Å². The number of carbonyl (C=O) groups is 1. The van der Waals surface area contributed by atoms with Crippen molar-refractivity contribution in [2.24, 2.45) is 10.2 Å². The van der Waals surface area contributed by atoms with Gasteiger partial charge < -0.3 is 10.1 Å². The highest BCUT2D eigenvalue weighted by Crippen LogP contribution is 2.13. The predicted octanol–water partition coefficient (Wildman–Crippen LogP) is 4.86. The lowest BCUT2D eigenvalue weighted by atomic mass is 10.0. The summed E-state index contributed by atoms with van der Waals surface area (Å²) in [5, 5.41) is 11.5. The molecule has 0 bridgehead atoms. The first-order valence-corrected chi connectivity index (χ1v) is 8.99. The van der Waals surface area contributed by atoms with Gasteiger partial charge in [-0.05, 0) is 39.5 Å². The highest BCUT2D eigenvalue weighted by Gasteiger charge is 2.13. The van der Waals surface area contributed by atoms with Gasteiger partial charge in [0.25, 0.3) is 0 Å². The van der Waals surface area contributed by atoms with Crippen molar-refractivity contribution in [3.05, 3.63) is 0 Å². The van der Waals surface area contributed by atoms with Gasteiger partial charge in [0, 0.05) is 6.04 Å². The molecule has 1 heterocycles. The van der Waals surface area contributed by atoms with Crippen molar-refractivity contribution >= 4 is 6.09 Å². The maximum Gasteiger partial charge on any atom is 0.407 e. The van der Waals surface area contributed by atoms with Crippen molar-refractivity contribution < 1.29 is 9.53 Å². The van der Waals surface area contributed by atoms with Crippen LogP contribution in [0.4, 0.5) is 4.79 Å². The third kappa shape index (κ3) is 10.6. The third-order valence-electron chi connectivity index (χ3n) is 3.89. The van der Waals surface area contributed by atoms with Crippen molar-refractivity contribution in [2.75, 3.05) is 13.1 Å². The van der Waals surface area contributed by atoms with Crippen molar-refractivity contribution in [1.29, 1.82) is 0 Å². The lowest BCUT2D eigenvalue weighted by molar-refractivity contribution is 0.111. The average molecular weight is 311 g/mol. The number of nitrogens with one attached hydrogen (secondary N) is 1. The minimum absolute atomic E-state index is 0.0731. The summed E-state index contributed by atoms with van der Waals surface area (Å²) < 4.78 is 5.19. The van der Waals surface area contributed by atoms with Crippen LogP contribution in [0.15, 0.2) is 10.2 Å². The Hall–Kier alpha value is -1.13. The fraction of sp³-hybridized carbons (Fsp3) is 0.941.